The largest absolute Gasteiger partial charge is 0.491 e. The maximum Gasteiger partial charge on any atom is 0.350 e. The van der Waals surface area contributed by atoms with Crippen LogP contribution in [0.15, 0.2) is 77.9 Å². The van der Waals surface area contributed by atoms with Gasteiger partial charge in [-0.2, -0.15) is 5.10 Å². The van der Waals surface area contributed by atoms with Crippen LogP contribution in [0.2, 0.25) is 10.0 Å². The number of piperazine rings is 1. The summed E-state index contributed by atoms with van der Waals surface area (Å²) < 4.78 is 20.9. The first-order valence-electron chi connectivity index (χ1n) is 14.6. The van der Waals surface area contributed by atoms with Gasteiger partial charge in [0.05, 0.1) is 23.4 Å². The third-order valence-electron chi connectivity index (χ3n) is 8.08. The standard InChI is InChI=1S/C32H35Cl2N5O4/c1-3-22(2)39-32(40)38(21-35-39)26-7-5-24(6-8-26)36-14-16-37(17-15-36)25-9-11-27(12-10-25)41-19-28-20-42-31(43-28)29-13-4-23(33)18-30(29)34/h4-13,18,21-22,28,31H,3,14-17,19-20H2,1-2H3/t22?,28-,31-/m1/s1. The maximum atomic E-state index is 12.7. The van der Waals surface area contributed by atoms with Crippen LogP contribution in [-0.4, -0.2) is 59.8 Å². The van der Waals surface area contributed by atoms with E-state index in [0.717, 1.165) is 61.0 Å². The second-order valence-electron chi connectivity index (χ2n) is 10.9. The van der Waals surface area contributed by atoms with E-state index in [1.807, 2.05) is 44.2 Å². The van der Waals surface area contributed by atoms with E-state index in [9.17, 15) is 4.79 Å². The van der Waals surface area contributed by atoms with Gasteiger partial charge in [0.15, 0.2) is 6.29 Å². The predicted molar refractivity (Wildman–Crippen MR) is 169 cm³/mol. The molecule has 4 aromatic rings. The Balaban J connectivity index is 0.981. The SMILES string of the molecule is CCC(C)n1ncn(-c2ccc(N3CCN(c4ccc(OC[C@@H]5CO[C@@H](c6ccc(Cl)cc6Cl)O5)cc4)CC3)cc2)c1=O. The molecule has 0 spiro atoms. The highest BCUT2D eigenvalue weighted by Crippen LogP contribution is 2.33. The molecule has 1 aromatic heterocycles. The zero-order chi connectivity index (χ0) is 29.9. The lowest BCUT2D eigenvalue weighted by molar-refractivity contribution is -0.0658. The Morgan fingerprint density at radius 1 is 0.930 bits per heavy atom. The Morgan fingerprint density at radius 2 is 1.56 bits per heavy atom. The van der Waals surface area contributed by atoms with E-state index in [1.165, 1.54) is 0 Å². The molecule has 226 valence electrons. The molecule has 2 aliphatic rings. The molecule has 2 saturated heterocycles. The lowest BCUT2D eigenvalue weighted by Crippen LogP contribution is -2.46. The minimum absolute atomic E-state index is 0.0737. The molecule has 11 heteroatoms. The molecule has 6 rings (SSSR count). The Morgan fingerprint density at radius 3 is 2.19 bits per heavy atom. The van der Waals surface area contributed by atoms with Crippen molar-refractivity contribution in [1.82, 2.24) is 14.3 Å². The summed E-state index contributed by atoms with van der Waals surface area (Å²) in [5.74, 6) is 0.785. The fraction of sp³-hybridized carbons (Fsp3) is 0.375. The molecule has 43 heavy (non-hydrogen) atoms. The molecule has 0 amide bonds. The Kier molecular flexibility index (Phi) is 8.95. The van der Waals surface area contributed by atoms with Gasteiger partial charge in [0.2, 0.25) is 0 Å². The third-order valence-corrected chi connectivity index (χ3v) is 8.64. The van der Waals surface area contributed by atoms with Crippen LogP contribution in [0.3, 0.4) is 0 Å². The minimum atomic E-state index is -0.526. The van der Waals surface area contributed by atoms with E-state index in [-0.39, 0.29) is 17.8 Å². The molecule has 2 aliphatic heterocycles. The second-order valence-corrected chi connectivity index (χ2v) is 11.7. The van der Waals surface area contributed by atoms with E-state index in [0.29, 0.717) is 23.3 Å². The molecule has 9 nitrogen and oxygen atoms in total. The van der Waals surface area contributed by atoms with Gasteiger partial charge in [-0.15, -0.1) is 0 Å². The molecular weight excluding hydrogens is 589 g/mol. The second kappa shape index (κ2) is 13.0. The topological polar surface area (TPSA) is 74.0 Å². The lowest BCUT2D eigenvalue weighted by atomic mass is 10.2. The van der Waals surface area contributed by atoms with Gasteiger partial charge in [0, 0.05) is 48.1 Å². The van der Waals surface area contributed by atoms with Crippen LogP contribution in [0.5, 0.6) is 5.75 Å². The summed E-state index contributed by atoms with van der Waals surface area (Å²) in [4.78, 5) is 17.5. The van der Waals surface area contributed by atoms with Gasteiger partial charge >= 0.3 is 5.69 Å². The molecule has 3 atom stereocenters. The number of halogens is 2. The molecule has 0 aliphatic carbocycles. The summed E-state index contributed by atoms with van der Waals surface area (Å²) in [7, 11) is 0. The third kappa shape index (κ3) is 6.55. The molecule has 0 bridgehead atoms. The number of hydrogen-bond donors (Lipinski definition) is 0. The zero-order valence-corrected chi connectivity index (χ0v) is 25.7. The fourth-order valence-corrected chi connectivity index (χ4v) is 5.85. The average Bonchev–Trinajstić information content (AvgIpc) is 3.67. The van der Waals surface area contributed by atoms with Crippen molar-refractivity contribution >= 4 is 34.6 Å². The highest BCUT2D eigenvalue weighted by molar-refractivity contribution is 6.35. The number of anilines is 2. The van der Waals surface area contributed by atoms with E-state index in [1.54, 1.807) is 27.7 Å². The molecular formula is C32H35Cl2N5O4. The Hall–Kier alpha value is -3.50. The highest BCUT2D eigenvalue weighted by Gasteiger charge is 2.29. The van der Waals surface area contributed by atoms with E-state index >= 15 is 0 Å². The van der Waals surface area contributed by atoms with E-state index < -0.39 is 6.29 Å². The molecule has 0 saturated carbocycles. The summed E-state index contributed by atoms with van der Waals surface area (Å²) in [6.07, 6.45) is 1.74. The summed E-state index contributed by atoms with van der Waals surface area (Å²) in [6, 6.07) is 21.7. The first-order chi connectivity index (χ1) is 20.9. The fourth-order valence-electron chi connectivity index (χ4n) is 5.35. The van der Waals surface area contributed by atoms with Crippen molar-refractivity contribution < 1.29 is 14.2 Å². The summed E-state index contributed by atoms with van der Waals surface area (Å²) in [5.41, 5.74) is 3.78. The Bertz CT molecular complexity index is 1580. The van der Waals surface area contributed by atoms with Crippen LogP contribution in [0, 0.1) is 0 Å². The first-order valence-corrected chi connectivity index (χ1v) is 15.4. The maximum absolute atomic E-state index is 12.7. The number of hydrogen-bond acceptors (Lipinski definition) is 7. The van der Waals surface area contributed by atoms with Gasteiger partial charge in [-0.1, -0.05) is 36.2 Å². The van der Waals surface area contributed by atoms with Crippen molar-refractivity contribution in [1.29, 1.82) is 0 Å². The zero-order valence-electron chi connectivity index (χ0n) is 24.2. The van der Waals surface area contributed by atoms with Crippen molar-refractivity contribution in [2.75, 3.05) is 49.2 Å². The van der Waals surface area contributed by atoms with Gasteiger partial charge < -0.3 is 24.0 Å². The van der Waals surface area contributed by atoms with Crippen molar-refractivity contribution in [3.63, 3.8) is 0 Å². The highest BCUT2D eigenvalue weighted by atomic mass is 35.5. The molecule has 2 fully saturated rings. The average molecular weight is 625 g/mol. The van der Waals surface area contributed by atoms with Gasteiger partial charge in [-0.3, -0.25) is 0 Å². The van der Waals surface area contributed by atoms with E-state index in [4.69, 9.17) is 37.4 Å². The van der Waals surface area contributed by atoms with Crippen LogP contribution < -0.4 is 20.2 Å². The van der Waals surface area contributed by atoms with Crippen molar-refractivity contribution in [2.45, 2.75) is 38.7 Å². The smallest absolute Gasteiger partial charge is 0.350 e. The number of ether oxygens (including phenoxy) is 3. The van der Waals surface area contributed by atoms with Gasteiger partial charge in [0.25, 0.3) is 0 Å². The lowest BCUT2D eigenvalue weighted by Gasteiger charge is -2.37. The monoisotopic (exact) mass is 623 g/mol. The normalized spacial score (nSPS) is 19.5. The molecule has 1 unspecified atom stereocenters. The minimum Gasteiger partial charge on any atom is -0.491 e. The predicted octanol–water partition coefficient (Wildman–Crippen LogP) is 6.13. The Labute approximate surface area is 261 Å². The number of benzene rings is 3. The van der Waals surface area contributed by atoms with Crippen molar-refractivity contribution in [3.8, 4) is 11.4 Å². The van der Waals surface area contributed by atoms with Crippen molar-refractivity contribution in [2.24, 2.45) is 0 Å². The number of nitrogens with zero attached hydrogens (tertiary/aromatic N) is 5. The van der Waals surface area contributed by atoms with Crippen LogP contribution in [0.1, 0.15) is 38.2 Å². The first kappa shape index (κ1) is 29.6. The van der Waals surface area contributed by atoms with Crippen molar-refractivity contribution in [3.05, 3.63) is 99.2 Å². The number of rotatable bonds is 9. The summed E-state index contributed by atoms with van der Waals surface area (Å²) >= 11 is 12.3. The van der Waals surface area contributed by atoms with Gasteiger partial charge in [-0.05, 0) is 74.0 Å². The quantitative estimate of drug-likeness (QED) is 0.222. The molecule has 0 radical (unpaired) electrons. The molecule has 0 N–H and O–H groups in total. The molecule has 3 heterocycles. The van der Waals surface area contributed by atoms with Crippen LogP contribution in [0.25, 0.3) is 5.69 Å². The van der Waals surface area contributed by atoms with Crippen LogP contribution in [0.4, 0.5) is 11.4 Å². The number of aromatic nitrogens is 3. The summed E-state index contributed by atoms with van der Waals surface area (Å²) in [6.45, 7) is 8.48. The van der Waals surface area contributed by atoms with Gasteiger partial charge in [0.1, 0.15) is 24.8 Å². The van der Waals surface area contributed by atoms with Crippen LogP contribution >= 0.6 is 23.2 Å². The molecule has 3 aromatic carbocycles. The van der Waals surface area contributed by atoms with Crippen LogP contribution in [-0.2, 0) is 9.47 Å². The van der Waals surface area contributed by atoms with Gasteiger partial charge in [-0.25, -0.2) is 14.0 Å². The van der Waals surface area contributed by atoms with E-state index in [2.05, 4.69) is 39.2 Å². The summed E-state index contributed by atoms with van der Waals surface area (Å²) in [5, 5.41) is 5.38.